The third-order valence-electron chi connectivity index (χ3n) is 4.28. The average Bonchev–Trinajstić information content (AvgIpc) is 3.06. The molecule has 26 heavy (non-hydrogen) atoms. The van der Waals surface area contributed by atoms with Crippen molar-refractivity contribution in [1.29, 1.82) is 0 Å². The number of aromatic nitrogens is 3. The van der Waals surface area contributed by atoms with Crippen LogP contribution in [0.3, 0.4) is 0 Å². The van der Waals surface area contributed by atoms with Gasteiger partial charge in [-0.05, 0) is 24.3 Å². The van der Waals surface area contributed by atoms with Crippen LogP contribution in [-0.4, -0.2) is 15.0 Å². The molecule has 0 aliphatic carbocycles. The van der Waals surface area contributed by atoms with E-state index in [1.165, 1.54) is 20.2 Å². The van der Waals surface area contributed by atoms with Crippen molar-refractivity contribution < 1.29 is 0 Å². The largest absolute Gasteiger partial charge is 0.208 e. The number of thiophene rings is 1. The van der Waals surface area contributed by atoms with E-state index >= 15 is 0 Å². The summed E-state index contributed by atoms with van der Waals surface area (Å²) >= 11 is 3.97. The zero-order valence-corrected chi connectivity index (χ0v) is 16.5. The van der Waals surface area contributed by atoms with Gasteiger partial charge in [-0.25, -0.2) is 15.0 Å². The number of hydrogen-bond acceptors (Lipinski definition) is 4. The number of hydrogen-bond donors (Lipinski definition) is 0. The Balaban J connectivity index is 1.70. The topological polar surface area (TPSA) is 38.7 Å². The van der Waals surface area contributed by atoms with Gasteiger partial charge in [0.25, 0.3) is 0 Å². The van der Waals surface area contributed by atoms with E-state index in [2.05, 4.69) is 75.0 Å². The van der Waals surface area contributed by atoms with E-state index in [9.17, 15) is 0 Å². The number of nitrogens with zero attached hydrogens (tertiary/aromatic N) is 3. The molecule has 5 aromatic rings. The maximum atomic E-state index is 4.72. The van der Waals surface area contributed by atoms with Crippen LogP contribution in [0.25, 0.3) is 42.9 Å². The molecule has 0 N–H and O–H groups in total. The third-order valence-corrected chi connectivity index (χ3v) is 5.91. The van der Waals surface area contributed by atoms with Gasteiger partial charge in [-0.3, -0.25) is 0 Å². The summed E-state index contributed by atoms with van der Waals surface area (Å²) in [5, 5.41) is 2.53. The third kappa shape index (κ3) is 2.77. The molecule has 2 aromatic heterocycles. The predicted molar refractivity (Wildman–Crippen MR) is 116 cm³/mol. The van der Waals surface area contributed by atoms with Gasteiger partial charge < -0.3 is 0 Å². The maximum Gasteiger partial charge on any atom is 0.194 e. The van der Waals surface area contributed by atoms with Crippen LogP contribution in [0.4, 0.5) is 0 Å². The van der Waals surface area contributed by atoms with E-state index in [0.29, 0.717) is 15.5 Å². The molecule has 0 atom stereocenters. The molecule has 3 nitrogen and oxygen atoms in total. The van der Waals surface area contributed by atoms with Crippen molar-refractivity contribution in [2.24, 2.45) is 0 Å². The highest BCUT2D eigenvalue weighted by atomic mass is 127. The summed E-state index contributed by atoms with van der Waals surface area (Å²) in [7, 11) is 0. The Morgan fingerprint density at radius 3 is 2.15 bits per heavy atom. The number of rotatable bonds is 2. The first-order valence-corrected chi connectivity index (χ1v) is 10.1. The minimum atomic E-state index is 0.696. The van der Waals surface area contributed by atoms with Crippen LogP contribution >= 0.6 is 33.9 Å². The smallest absolute Gasteiger partial charge is 0.194 e. The fraction of sp³-hybridized carbons (Fsp3) is 0. The summed E-state index contributed by atoms with van der Waals surface area (Å²) in [5.74, 6) is 1.41. The molecule has 0 saturated carbocycles. The van der Waals surface area contributed by atoms with Crippen LogP contribution in [0.2, 0.25) is 0 Å². The van der Waals surface area contributed by atoms with Crippen LogP contribution in [-0.2, 0) is 0 Å². The fourth-order valence-corrected chi connectivity index (χ4v) is 4.60. The van der Waals surface area contributed by atoms with Crippen LogP contribution in [0.1, 0.15) is 0 Å². The average molecular weight is 465 g/mol. The normalized spacial score (nSPS) is 11.3. The summed E-state index contributed by atoms with van der Waals surface area (Å²) in [4.78, 5) is 13.8. The van der Waals surface area contributed by atoms with Gasteiger partial charge in [0.1, 0.15) is 0 Å². The first-order valence-electron chi connectivity index (χ1n) is 8.16. The molecule has 0 fully saturated rings. The Morgan fingerprint density at radius 2 is 1.31 bits per heavy atom. The maximum absolute atomic E-state index is 4.72. The molecule has 0 radical (unpaired) electrons. The van der Waals surface area contributed by atoms with Crippen molar-refractivity contribution in [2.75, 3.05) is 0 Å². The molecule has 0 spiro atoms. The summed E-state index contributed by atoms with van der Waals surface area (Å²) < 4.78 is 3.28. The van der Waals surface area contributed by atoms with E-state index in [1.54, 1.807) is 0 Å². The number of benzene rings is 3. The molecule has 0 bridgehead atoms. The second-order valence-electron chi connectivity index (χ2n) is 5.93. The molecule has 0 aliphatic rings. The summed E-state index contributed by atoms with van der Waals surface area (Å²) in [6, 6.07) is 25.0. The highest BCUT2D eigenvalue weighted by molar-refractivity contribution is 14.1. The van der Waals surface area contributed by atoms with E-state index in [-0.39, 0.29) is 0 Å². The minimum Gasteiger partial charge on any atom is -0.208 e. The Labute approximate surface area is 167 Å². The quantitative estimate of drug-likeness (QED) is 0.293. The number of halogens is 1. The lowest BCUT2D eigenvalue weighted by Gasteiger charge is -2.05. The lowest BCUT2D eigenvalue weighted by Crippen LogP contribution is -1.99. The Bertz CT molecular complexity index is 1250. The SMILES string of the molecule is Ic1nc(-c2ccccc2)nc(-c2ccc3sc4ccccc4c3c2)n1. The van der Waals surface area contributed by atoms with Gasteiger partial charge in [0.05, 0.1) is 0 Å². The van der Waals surface area contributed by atoms with Crippen molar-refractivity contribution in [3.8, 4) is 22.8 Å². The van der Waals surface area contributed by atoms with Crippen LogP contribution in [0.15, 0.2) is 72.8 Å². The molecule has 0 unspecified atom stereocenters. The molecule has 0 amide bonds. The molecule has 0 saturated heterocycles. The van der Waals surface area contributed by atoms with E-state index in [4.69, 9.17) is 4.98 Å². The van der Waals surface area contributed by atoms with Crippen LogP contribution in [0, 0.1) is 3.83 Å². The first kappa shape index (κ1) is 15.8. The molecular formula is C21H12IN3S. The van der Waals surface area contributed by atoms with Gasteiger partial charge in [-0.1, -0.05) is 48.5 Å². The van der Waals surface area contributed by atoms with E-state index in [1.807, 2.05) is 41.7 Å². The van der Waals surface area contributed by atoms with E-state index < -0.39 is 0 Å². The molecule has 5 heteroatoms. The monoisotopic (exact) mass is 465 g/mol. The highest BCUT2D eigenvalue weighted by Crippen LogP contribution is 2.35. The summed E-state index contributed by atoms with van der Waals surface area (Å²) in [5.41, 5.74) is 2.01. The van der Waals surface area contributed by atoms with Crippen LogP contribution in [0.5, 0.6) is 0 Å². The Kier molecular flexibility index (Phi) is 3.90. The van der Waals surface area contributed by atoms with Crippen molar-refractivity contribution in [3.63, 3.8) is 0 Å². The van der Waals surface area contributed by atoms with Gasteiger partial charge in [-0.2, -0.15) is 0 Å². The zero-order chi connectivity index (χ0) is 17.5. The second-order valence-corrected chi connectivity index (χ2v) is 7.98. The van der Waals surface area contributed by atoms with E-state index in [0.717, 1.165) is 11.1 Å². The molecule has 3 aromatic carbocycles. The van der Waals surface area contributed by atoms with Crippen molar-refractivity contribution in [2.45, 2.75) is 0 Å². The molecule has 2 heterocycles. The second kappa shape index (κ2) is 6.41. The minimum absolute atomic E-state index is 0.696. The number of fused-ring (bicyclic) bond motifs is 3. The molecule has 5 rings (SSSR count). The first-order chi connectivity index (χ1) is 12.8. The zero-order valence-electron chi connectivity index (χ0n) is 13.6. The highest BCUT2D eigenvalue weighted by Gasteiger charge is 2.11. The van der Waals surface area contributed by atoms with Crippen LogP contribution < -0.4 is 0 Å². The Hall–Kier alpha value is -2.38. The fourth-order valence-electron chi connectivity index (χ4n) is 3.06. The van der Waals surface area contributed by atoms with Gasteiger partial charge >= 0.3 is 0 Å². The molecule has 0 aliphatic heterocycles. The summed E-state index contributed by atoms with van der Waals surface area (Å²) in [6.07, 6.45) is 0. The van der Waals surface area contributed by atoms with Gasteiger partial charge in [0, 0.05) is 53.9 Å². The van der Waals surface area contributed by atoms with Crippen molar-refractivity contribution in [1.82, 2.24) is 15.0 Å². The van der Waals surface area contributed by atoms with Gasteiger partial charge in [-0.15, -0.1) is 11.3 Å². The van der Waals surface area contributed by atoms with Crippen molar-refractivity contribution in [3.05, 3.63) is 76.6 Å². The standard InChI is InChI=1S/C21H12IN3S/c22-21-24-19(13-6-2-1-3-7-13)23-20(25-21)14-10-11-18-16(12-14)15-8-4-5-9-17(15)26-18/h1-12H. The lowest BCUT2D eigenvalue weighted by molar-refractivity contribution is 1.02. The molecular weight excluding hydrogens is 453 g/mol. The van der Waals surface area contributed by atoms with Gasteiger partial charge in [0.15, 0.2) is 15.5 Å². The van der Waals surface area contributed by atoms with Crippen molar-refractivity contribution >= 4 is 54.1 Å². The summed E-state index contributed by atoms with van der Waals surface area (Å²) in [6.45, 7) is 0. The lowest BCUT2D eigenvalue weighted by atomic mass is 10.1. The Morgan fingerprint density at radius 1 is 0.615 bits per heavy atom. The predicted octanol–water partition coefficient (Wildman–Crippen LogP) is 6.18. The molecule has 124 valence electrons. The van der Waals surface area contributed by atoms with Gasteiger partial charge in [0.2, 0.25) is 0 Å².